The van der Waals surface area contributed by atoms with Gasteiger partial charge in [0, 0.05) is 7.04 Å². The highest BCUT2D eigenvalue weighted by atomic mass is 19.1. The Balaban J connectivity index is 2.88. The third kappa shape index (κ3) is 2.09. The molecule has 0 bridgehead atoms. The van der Waals surface area contributed by atoms with Crippen LogP contribution < -0.4 is 0 Å². The summed E-state index contributed by atoms with van der Waals surface area (Å²) >= 11 is 0. The monoisotopic (exact) mass is 189 g/mol. The van der Waals surface area contributed by atoms with Crippen LogP contribution in [0.4, 0.5) is 8.78 Å². The first kappa shape index (κ1) is 6.21. The number of carbonyl (C=O) groups excluding carboxylic acids is 1. The minimum atomic E-state index is -2.63. The van der Waals surface area contributed by atoms with E-state index in [-0.39, 0.29) is 11.8 Å². The third-order valence-corrected chi connectivity index (χ3v) is 1.50. The first-order valence-electron chi connectivity index (χ1n) is 4.90. The van der Waals surface area contributed by atoms with Crippen molar-refractivity contribution < 1.29 is 22.4 Å². The summed E-state index contributed by atoms with van der Waals surface area (Å²) in [4.78, 5) is 10.3. The molecule has 0 saturated heterocycles. The van der Waals surface area contributed by atoms with Crippen molar-refractivity contribution in [3.63, 3.8) is 0 Å². The molecule has 0 amide bonds. The smallest absolute Gasteiger partial charge is 0.155 e. The van der Waals surface area contributed by atoms with E-state index in [1.165, 1.54) is 0 Å². The fourth-order valence-electron chi connectivity index (χ4n) is 0.916. The Labute approximate surface area is 78.3 Å². The average Bonchev–Trinajstić information content (AvgIpc) is 2.13. The molecule has 0 radical (unpaired) electrons. The fourth-order valence-corrected chi connectivity index (χ4v) is 0.916. The predicted molar refractivity (Wildman–Crippen MR) is 42.5 cm³/mol. The Kier molecular flexibility index (Phi) is 1.95. The van der Waals surface area contributed by atoms with Gasteiger partial charge in [0.25, 0.3) is 0 Å². The second-order valence-corrected chi connectivity index (χ2v) is 2.38. The van der Waals surface area contributed by atoms with Gasteiger partial charge in [-0.15, -0.1) is 0 Å². The van der Waals surface area contributed by atoms with Gasteiger partial charge in [-0.25, -0.2) is 8.78 Å². The van der Waals surface area contributed by atoms with Crippen LogP contribution in [0.25, 0.3) is 0 Å². The lowest BCUT2D eigenvalue weighted by Crippen LogP contribution is -1.97. The first-order chi connectivity index (χ1) is 7.33. The summed E-state index contributed by atoms with van der Waals surface area (Å²) in [5.41, 5.74) is -0.672. The van der Waals surface area contributed by atoms with Gasteiger partial charge in [-0.2, -0.15) is 0 Å². The van der Waals surface area contributed by atoms with Gasteiger partial charge in [0.05, 0.1) is 16.3 Å². The minimum absolute atomic E-state index is 0.0109. The van der Waals surface area contributed by atoms with Crippen molar-refractivity contribution in [2.75, 3.05) is 7.04 Å². The molecule has 13 heavy (non-hydrogen) atoms. The number of carbonyl (C=O) groups is 1. The summed E-state index contributed by atoms with van der Waals surface area (Å²) in [5.74, 6) is -2.08. The maximum absolute atomic E-state index is 13.1. The van der Waals surface area contributed by atoms with Gasteiger partial charge < -0.3 is 4.74 Å². The van der Waals surface area contributed by atoms with Crippen LogP contribution in [0.3, 0.4) is 0 Å². The summed E-state index contributed by atoms with van der Waals surface area (Å²) in [6.07, 6.45) is 0.0546. The van der Waals surface area contributed by atoms with Crippen LogP contribution in [0.2, 0.25) is 0 Å². The molecule has 0 unspecified atom stereocenters. The molecule has 1 aromatic rings. The SMILES string of the molecule is [2H]C([2H])([2H])OCc1cc(F)c(C=O)c(F)c1. The Morgan fingerprint density at radius 3 is 2.62 bits per heavy atom. The molecule has 0 aliphatic rings. The van der Waals surface area contributed by atoms with Gasteiger partial charge >= 0.3 is 0 Å². The van der Waals surface area contributed by atoms with Gasteiger partial charge in [0.1, 0.15) is 11.6 Å². The lowest BCUT2D eigenvalue weighted by Gasteiger charge is -2.02. The Morgan fingerprint density at radius 1 is 1.54 bits per heavy atom. The molecule has 0 heterocycles. The summed E-state index contributed by atoms with van der Waals surface area (Å²) < 4.78 is 50.7. The summed E-state index contributed by atoms with van der Waals surface area (Å²) in [5, 5.41) is 0. The molecule has 0 aliphatic heterocycles. The number of hydrogen-bond donors (Lipinski definition) is 0. The molecule has 0 fully saturated rings. The van der Waals surface area contributed by atoms with Gasteiger partial charge in [-0.3, -0.25) is 4.79 Å². The number of hydrogen-bond acceptors (Lipinski definition) is 2. The molecule has 0 N–H and O–H groups in total. The quantitative estimate of drug-likeness (QED) is 0.679. The zero-order chi connectivity index (χ0) is 12.3. The predicted octanol–water partition coefficient (Wildman–Crippen LogP) is 1.92. The first-order valence-corrected chi connectivity index (χ1v) is 3.40. The largest absolute Gasteiger partial charge is 0.380 e. The lowest BCUT2D eigenvalue weighted by molar-refractivity contribution is 0.111. The highest BCUT2D eigenvalue weighted by Gasteiger charge is 2.09. The molecular formula is C9H8F2O2. The van der Waals surface area contributed by atoms with Crippen molar-refractivity contribution >= 4 is 6.29 Å². The second-order valence-electron chi connectivity index (χ2n) is 2.38. The second kappa shape index (κ2) is 4.09. The maximum atomic E-state index is 13.1. The zero-order valence-corrected chi connectivity index (χ0v) is 6.51. The number of rotatable bonds is 3. The average molecular weight is 189 g/mol. The zero-order valence-electron chi connectivity index (χ0n) is 9.51. The fraction of sp³-hybridized carbons (Fsp3) is 0.222. The standard InChI is InChI=1S/C9H8F2O2/c1-13-5-6-2-8(10)7(4-12)9(11)3-6/h2-4H,5H2,1H3/i1D3. The highest BCUT2D eigenvalue weighted by Crippen LogP contribution is 2.13. The van der Waals surface area contributed by atoms with E-state index >= 15 is 0 Å². The number of methoxy groups -OCH3 is 1. The van der Waals surface area contributed by atoms with E-state index in [4.69, 9.17) is 4.11 Å². The minimum Gasteiger partial charge on any atom is -0.380 e. The summed E-state index contributed by atoms with van der Waals surface area (Å²) in [7, 11) is -2.63. The van der Waals surface area contributed by atoms with Gasteiger partial charge in [0.2, 0.25) is 0 Å². The van der Waals surface area contributed by atoms with Gasteiger partial charge in [-0.05, 0) is 17.7 Å². The van der Waals surface area contributed by atoms with Crippen LogP contribution in [-0.2, 0) is 11.3 Å². The molecule has 0 aromatic heterocycles. The van der Waals surface area contributed by atoms with E-state index in [1.807, 2.05) is 0 Å². The molecule has 2 nitrogen and oxygen atoms in total. The molecule has 4 heteroatoms. The van der Waals surface area contributed by atoms with Crippen molar-refractivity contribution in [3.05, 3.63) is 34.9 Å². The Bertz CT molecular complexity index is 381. The number of ether oxygens (including phenoxy) is 1. The highest BCUT2D eigenvalue weighted by molar-refractivity contribution is 5.75. The number of halogens is 2. The number of benzene rings is 1. The van der Waals surface area contributed by atoms with Crippen molar-refractivity contribution in [1.29, 1.82) is 0 Å². The van der Waals surface area contributed by atoms with Crippen molar-refractivity contribution in [3.8, 4) is 0 Å². The van der Waals surface area contributed by atoms with E-state index in [0.29, 0.717) is 0 Å². The maximum Gasteiger partial charge on any atom is 0.155 e. The van der Waals surface area contributed by atoms with Crippen LogP contribution in [0, 0.1) is 11.6 Å². The molecule has 0 saturated carbocycles. The molecule has 0 atom stereocenters. The topological polar surface area (TPSA) is 26.3 Å². The van der Waals surface area contributed by atoms with Gasteiger partial charge in [0.15, 0.2) is 6.29 Å². The van der Waals surface area contributed by atoms with Crippen molar-refractivity contribution in [2.24, 2.45) is 0 Å². The van der Waals surface area contributed by atoms with E-state index in [2.05, 4.69) is 4.74 Å². The van der Waals surface area contributed by atoms with Crippen LogP contribution in [0.5, 0.6) is 0 Å². The summed E-state index contributed by atoms with van der Waals surface area (Å²) in [6, 6.07) is 1.72. The molecule has 1 rings (SSSR count). The van der Waals surface area contributed by atoms with Gasteiger partial charge in [-0.1, -0.05) is 0 Å². The molecule has 0 aliphatic carbocycles. The van der Waals surface area contributed by atoms with Crippen molar-refractivity contribution in [1.82, 2.24) is 0 Å². The Morgan fingerprint density at radius 2 is 2.15 bits per heavy atom. The van der Waals surface area contributed by atoms with E-state index < -0.39 is 30.8 Å². The summed E-state index contributed by atoms with van der Waals surface area (Å²) in [6.45, 7) is -0.455. The van der Waals surface area contributed by atoms with Crippen LogP contribution in [-0.4, -0.2) is 13.3 Å². The van der Waals surface area contributed by atoms with E-state index in [9.17, 15) is 13.6 Å². The third-order valence-electron chi connectivity index (χ3n) is 1.50. The number of aldehydes is 1. The molecule has 1 aromatic carbocycles. The van der Waals surface area contributed by atoms with Crippen molar-refractivity contribution in [2.45, 2.75) is 6.61 Å². The Hall–Kier alpha value is -1.29. The molecular weight excluding hydrogens is 178 g/mol. The molecule has 0 spiro atoms. The lowest BCUT2D eigenvalue weighted by atomic mass is 10.1. The molecule has 70 valence electrons. The van der Waals surface area contributed by atoms with E-state index in [1.54, 1.807) is 0 Å². The van der Waals surface area contributed by atoms with E-state index in [0.717, 1.165) is 12.1 Å². The van der Waals surface area contributed by atoms with Crippen LogP contribution >= 0.6 is 0 Å². The van der Waals surface area contributed by atoms with Crippen LogP contribution in [0.1, 0.15) is 20.0 Å². The van der Waals surface area contributed by atoms with Crippen LogP contribution in [0.15, 0.2) is 12.1 Å². The normalized spacial score (nSPS) is 14.5.